The van der Waals surface area contributed by atoms with Gasteiger partial charge in [-0.05, 0) is 19.3 Å². The van der Waals surface area contributed by atoms with Gasteiger partial charge in [0.15, 0.2) is 0 Å². The van der Waals surface area contributed by atoms with Crippen LogP contribution in [0.5, 0.6) is 0 Å². The average Bonchev–Trinajstić information content (AvgIpc) is 3.54. The van der Waals surface area contributed by atoms with Gasteiger partial charge >= 0.3 is 0 Å². The highest BCUT2D eigenvalue weighted by Gasteiger charge is 2.74. The summed E-state index contributed by atoms with van der Waals surface area (Å²) < 4.78 is 11.9. The molecule has 10 heteroatoms. The predicted molar refractivity (Wildman–Crippen MR) is 138 cm³/mol. The summed E-state index contributed by atoms with van der Waals surface area (Å²) in [6.07, 6.45) is 4.95. The minimum Gasteiger partial charge on any atom is -0.395 e. The van der Waals surface area contributed by atoms with Gasteiger partial charge < -0.3 is 29.3 Å². The quantitative estimate of drug-likeness (QED) is 0.346. The molecule has 4 heterocycles. The number of β-amino-alcohol motifs (C(OH)–C–C–N with tert-alkyl or cyclic N) is 1. The summed E-state index contributed by atoms with van der Waals surface area (Å²) in [4.78, 5) is 48.9. The van der Waals surface area contributed by atoms with E-state index in [1.54, 1.807) is 22.0 Å². The SMILES string of the molecule is C=CCN(CCN1CCOCC1)C(=O)C1N(CCO)C(=O)[C@@H]2[C@@H](C(=O)N(CC=C)CCC)[C@H]3CCC12O3. The van der Waals surface area contributed by atoms with Crippen molar-refractivity contribution in [3.05, 3.63) is 25.3 Å². The van der Waals surface area contributed by atoms with Gasteiger partial charge in [-0.2, -0.15) is 0 Å². The number of carbonyl (C=O) groups excluding carboxylic acids is 3. The smallest absolute Gasteiger partial charge is 0.248 e. The molecular formula is C27H42N4O6. The number of aliphatic hydroxyl groups is 1. The van der Waals surface area contributed by atoms with Gasteiger partial charge in [-0.3, -0.25) is 19.3 Å². The zero-order valence-electron chi connectivity index (χ0n) is 22.1. The van der Waals surface area contributed by atoms with Crippen molar-refractivity contribution in [3.63, 3.8) is 0 Å². The third-order valence-electron chi connectivity index (χ3n) is 8.27. The molecule has 37 heavy (non-hydrogen) atoms. The fourth-order valence-electron chi connectivity index (χ4n) is 6.70. The minimum absolute atomic E-state index is 0.0269. The molecule has 0 aromatic carbocycles. The third kappa shape index (κ3) is 5.08. The first-order valence-corrected chi connectivity index (χ1v) is 13.6. The van der Waals surface area contributed by atoms with E-state index < -0.39 is 29.6 Å². The lowest BCUT2D eigenvalue weighted by Gasteiger charge is -2.37. The van der Waals surface area contributed by atoms with Crippen LogP contribution in [0.3, 0.4) is 0 Å². The van der Waals surface area contributed by atoms with Gasteiger partial charge in [-0.25, -0.2) is 0 Å². The molecule has 4 rings (SSSR count). The van der Waals surface area contributed by atoms with Crippen molar-refractivity contribution in [2.45, 2.75) is 43.9 Å². The number of nitrogens with zero attached hydrogens (tertiary/aromatic N) is 4. The Balaban J connectivity index is 1.61. The lowest BCUT2D eigenvalue weighted by atomic mass is 9.70. The Labute approximate surface area is 219 Å². The molecule has 206 valence electrons. The number of rotatable bonds is 13. The second kappa shape index (κ2) is 12.1. The van der Waals surface area contributed by atoms with Crippen LogP contribution in [-0.2, 0) is 23.9 Å². The topological polar surface area (TPSA) is 103 Å². The van der Waals surface area contributed by atoms with E-state index in [-0.39, 0.29) is 30.9 Å². The van der Waals surface area contributed by atoms with Crippen LogP contribution in [0, 0.1) is 11.8 Å². The van der Waals surface area contributed by atoms with Crippen LogP contribution >= 0.6 is 0 Å². The van der Waals surface area contributed by atoms with Gasteiger partial charge in [0.25, 0.3) is 0 Å². The summed E-state index contributed by atoms with van der Waals surface area (Å²) in [7, 11) is 0. The highest BCUT2D eigenvalue weighted by atomic mass is 16.5. The normalized spacial score (nSPS) is 30.9. The van der Waals surface area contributed by atoms with E-state index in [4.69, 9.17) is 9.47 Å². The van der Waals surface area contributed by atoms with Gasteiger partial charge in [-0.1, -0.05) is 19.1 Å². The summed E-state index contributed by atoms with van der Waals surface area (Å²) in [5, 5.41) is 9.81. The van der Waals surface area contributed by atoms with Crippen molar-refractivity contribution in [2.24, 2.45) is 11.8 Å². The van der Waals surface area contributed by atoms with Gasteiger partial charge in [0, 0.05) is 52.4 Å². The zero-order valence-corrected chi connectivity index (χ0v) is 22.1. The Bertz CT molecular complexity index is 877. The van der Waals surface area contributed by atoms with E-state index in [0.29, 0.717) is 58.8 Å². The number of aliphatic hydroxyl groups excluding tert-OH is 1. The van der Waals surface area contributed by atoms with E-state index in [0.717, 1.165) is 19.5 Å². The van der Waals surface area contributed by atoms with Crippen molar-refractivity contribution < 1.29 is 29.0 Å². The van der Waals surface area contributed by atoms with Gasteiger partial charge in [-0.15, -0.1) is 13.2 Å². The average molecular weight is 519 g/mol. The fraction of sp³-hybridized carbons (Fsp3) is 0.741. The maximum Gasteiger partial charge on any atom is 0.248 e. The molecule has 0 aromatic rings. The Kier molecular flexibility index (Phi) is 9.05. The van der Waals surface area contributed by atoms with Crippen LogP contribution in [0.25, 0.3) is 0 Å². The number of hydrogen-bond acceptors (Lipinski definition) is 7. The molecule has 5 atom stereocenters. The van der Waals surface area contributed by atoms with E-state index >= 15 is 0 Å². The molecule has 3 amide bonds. The first-order valence-electron chi connectivity index (χ1n) is 13.6. The van der Waals surface area contributed by atoms with E-state index in [1.807, 2.05) is 6.92 Å². The van der Waals surface area contributed by atoms with E-state index in [2.05, 4.69) is 18.1 Å². The molecular weight excluding hydrogens is 476 g/mol. The fourth-order valence-corrected chi connectivity index (χ4v) is 6.70. The Morgan fingerprint density at radius 2 is 1.78 bits per heavy atom. The molecule has 4 aliphatic heterocycles. The number of fused-ring (bicyclic) bond motifs is 1. The number of morpholine rings is 1. The molecule has 4 fully saturated rings. The summed E-state index contributed by atoms with van der Waals surface area (Å²) >= 11 is 0. The van der Waals surface area contributed by atoms with Crippen LogP contribution in [0.4, 0.5) is 0 Å². The van der Waals surface area contributed by atoms with Crippen LogP contribution < -0.4 is 0 Å². The third-order valence-corrected chi connectivity index (χ3v) is 8.27. The van der Waals surface area contributed by atoms with Gasteiger partial charge in [0.2, 0.25) is 17.7 Å². The van der Waals surface area contributed by atoms with Crippen LogP contribution in [-0.4, -0.2) is 132 Å². The first-order chi connectivity index (χ1) is 17.9. The Morgan fingerprint density at radius 3 is 2.41 bits per heavy atom. The van der Waals surface area contributed by atoms with Crippen molar-refractivity contribution in [2.75, 3.05) is 72.2 Å². The molecule has 2 bridgehead atoms. The molecule has 4 aliphatic rings. The lowest BCUT2D eigenvalue weighted by molar-refractivity contribution is -0.149. The number of amides is 3. The van der Waals surface area contributed by atoms with Crippen LogP contribution in [0.2, 0.25) is 0 Å². The summed E-state index contributed by atoms with van der Waals surface area (Å²) in [6, 6.07) is -0.872. The Morgan fingerprint density at radius 1 is 1.11 bits per heavy atom. The molecule has 0 aromatic heterocycles. The lowest BCUT2D eigenvalue weighted by Crippen LogP contribution is -2.57. The van der Waals surface area contributed by atoms with Crippen LogP contribution in [0.15, 0.2) is 25.3 Å². The van der Waals surface area contributed by atoms with Crippen LogP contribution in [0.1, 0.15) is 26.2 Å². The molecule has 4 saturated heterocycles. The number of ether oxygens (including phenoxy) is 2. The monoisotopic (exact) mass is 518 g/mol. The van der Waals surface area contributed by atoms with Crippen molar-refractivity contribution in [3.8, 4) is 0 Å². The Hall–Kier alpha value is -2.27. The minimum atomic E-state index is -1.06. The predicted octanol–water partition coefficient (Wildman–Crippen LogP) is 0.125. The highest BCUT2D eigenvalue weighted by Crippen LogP contribution is 2.58. The highest BCUT2D eigenvalue weighted by molar-refractivity contribution is 5.99. The molecule has 0 saturated carbocycles. The number of hydrogen-bond donors (Lipinski definition) is 1. The number of carbonyl (C=O) groups is 3. The summed E-state index contributed by atoms with van der Waals surface area (Å²) in [6.45, 7) is 14.9. The van der Waals surface area contributed by atoms with Crippen molar-refractivity contribution in [1.29, 1.82) is 0 Å². The van der Waals surface area contributed by atoms with E-state index in [9.17, 15) is 19.5 Å². The summed E-state index contributed by atoms with van der Waals surface area (Å²) in [5.41, 5.74) is -1.06. The van der Waals surface area contributed by atoms with Gasteiger partial charge in [0.1, 0.15) is 11.6 Å². The summed E-state index contributed by atoms with van der Waals surface area (Å²) in [5.74, 6) is -1.95. The van der Waals surface area contributed by atoms with E-state index in [1.165, 1.54) is 4.90 Å². The molecule has 1 N–H and O–H groups in total. The van der Waals surface area contributed by atoms with Gasteiger partial charge in [0.05, 0.1) is 37.8 Å². The second-order valence-electron chi connectivity index (χ2n) is 10.4. The standard InChI is InChI=1S/C27H42N4O6/c1-4-9-29(10-5-2)24(33)21-20-7-8-27(37-20)22(21)25(34)31(14-17-32)23(27)26(35)30(11-6-3)13-12-28-15-18-36-19-16-28/h4,6,20-23,32H,1,3,5,7-19H2,2H3/t20-,21+,22+,23?,27?/m1/s1. The number of likely N-dealkylation sites (tertiary alicyclic amines) is 1. The molecule has 0 radical (unpaired) electrons. The maximum absolute atomic E-state index is 14.2. The largest absolute Gasteiger partial charge is 0.395 e. The molecule has 2 unspecified atom stereocenters. The zero-order chi connectivity index (χ0) is 26.6. The van der Waals surface area contributed by atoms with Crippen molar-refractivity contribution >= 4 is 17.7 Å². The molecule has 0 aliphatic carbocycles. The maximum atomic E-state index is 14.2. The second-order valence-corrected chi connectivity index (χ2v) is 10.4. The van der Waals surface area contributed by atoms with Crippen molar-refractivity contribution in [1.82, 2.24) is 19.6 Å². The molecule has 1 spiro atoms. The first kappa shape index (κ1) is 27.8. The molecule has 10 nitrogen and oxygen atoms in total.